The van der Waals surface area contributed by atoms with Crippen molar-refractivity contribution in [2.45, 2.75) is 6.42 Å². The molecule has 19 heavy (non-hydrogen) atoms. The number of phenolic OH excluding ortho intramolecular Hbond substituents is 2. The van der Waals surface area contributed by atoms with Gasteiger partial charge in [-0.25, -0.2) is 0 Å². The standard InChI is InChI=1S/C13H9BrO5/c14-8-4-7-2-1-6(5-15)3-9(16)12(18)10(7)13(19)11(8)17/h1,3-5,16-17,19H,2H2/b6-1+,9-3+. The summed E-state index contributed by atoms with van der Waals surface area (Å²) in [5.41, 5.74) is 0.391. The van der Waals surface area contributed by atoms with Gasteiger partial charge in [0.15, 0.2) is 17.3 Å². The van der Waals surface area contributed by atoms with Gasteiger partial charge in [-0.05, 0) is 40.1 Å². The molecule has 0 saturated heterocycles. The highest BCUT2D eigenvalue weighted by Crippen LogP contribution is 2.40. The van der Waals surface area contributed by atoms with Crippen LogP contribution >= 0.6 is 15.9 Å². The van der Waals surface area contributed by atoms with E-state index in [1.165, 1.54) is 12.1 Å². The number of allylic oxidation sites excluding steroid dienone is 4. The summed E-state index contributed by atoms with van der Waals surface area (Å²) in [5, 5.41) is 29.1. The van der Waals surface area contributed by atoms with E-state index in [2.05, 4.69) is 15.9 Å². The zero-order valence-electron chi connectivity index (χ0n) is 9.55. The molecule has 1 aromatic carbocycles. The largest absolute Gasteiger partial charge is 0.504 e. The van der Waals surface area contributed by atoms with Gasteiger partial charge in [0.1, 0.15) is 6.29 Å². The number of phenols is 2. The molecule has 0 saturated carbocycles. The molecular weight excluding hydrogens is 316 g/mol. The normalized spacial score (nSPS) is 20.4. The first-order chi connectivity index (χ1) is 8.95. The number of halogens is 1. The summed E-state index contributed by atoms with van der Waals surface area (Å²) >= 11 is 3.05. The van der Waals surface area contributed by atoms with Gasteiger partial charge in [0.05, 0.1) is 10.0 Å². The number of fused-ring (bicyclic) bond motifs is 1. The van der Waals surface area contributed by atoms with Gasteiger partial charge in [0, 0.05) is 5.57 Å². The van der Waals surface area contributed by atoms with E-state index in [4.69, 9.17) is 0 Å². The molecule has 1 aliphatic rings. The fraction of sp³-hybridized carbons (Fsp3) is 0.0769. The van der Waals surface area contributed by atoms with Gasteiger partial charge >= 0.3 is 0 Å². The molecule has 0 radical (unpaired) electrons. The zero-order chi connectivity index (χ0) is 14.2. The van der Waals surface area contributed by atoms with Crippen molar-refractivity contribution >= 4 is 28.0 Å². The molecule has 0 spiro atoms. The number of hydrogen-bond donors (Lipinski definition) is 3. The second-order valence-electron chi connectivity index (χ2n) is 3.97. The first kappa shape index (κ1) is 13.4. The number of hydrogen-bond acceptors (Lipinski definition) is 5. The Morgan fingerprint density at radius 1 is 1.21 bits per heavy atom. The van der Waals surface area contributed by atoms with Crippen LogP contribution in [0.4, 0.5) is 0 Å². The summed E-state index contributed by atoms with van der Waals surface area (Å²) in [7, 11) is 0. The molecule has 5 nitrogen and oxygen atoms in total. The Kier molecular flexibility index (Phi) is 3.44. The van der Waals surface area contributed by atoms with Gasteiger partial charge in [0.2, 0.25) is 5.78 Å². The van der Waals surface area contributed by atoms with E-state index in [1.807, 2.05) is 0 Å². The van der Waals surface area contributed by atoms with Crippen LogP contribution in [0.25, 0.3) is 0 Å². The van der Waals surface area contributed by atoms with Crippen molar-refractivity contribution < 1.29 is 24.9 Å². The van der Waals surface area contributed by atoms with Gasteiger partial charge in [-0.15, -0.1) is 0 Å². The van der Waals surface area contributed by atoms with Gasteiger partial charge in [-0.1, -0.05) is 6.08 Å². The number of carbonyl (C=O) groups is 2. The van der Waals surface area contributed by atoms with Crippen LogP contribution in [0.5, 0.6) is 11.5 Å². The van der Waals surface area contributed by atoms with E-state index in [-0.39, 0.29) is 22.0 Å². The number of aromatic hydroxyl groups is 2. The Bertz CT molecular complexity index is 643. The Labute approximate surface area is 116 Å². The van der Waals surface area contributed by atoms with Crippen LogP contribution in [0.3, 0.4) is 0 Å². The zero-order valence-corrected chi connectivity index (χ0v) is 11.1. The van der Waals surface area contributed by atoms with Crippen molar-refractivity contribution in [1.82, 2.24) is 0 Å². The van der Waals surface area contributed by atoms with Crippen molar-refractivity contribution in [2.24, 2.45) is 0 Å². The molecular formula is C13H9BrO5. The molecule has 1 aliphatic carbocycles. The molecule has 0 aromatic heterocycles. The average Bonchev–Trinajstić information content (AvgIpc) is 2.38. The highest BCUT2D eigenvalue weighted by Gasteiger charge is 2.25. The molecule has 0 amide bonds. The second-order valence-corrected chi connectivity index (χ2v) is 4.83. The molecule has 2 rings (SSSR count). The number of benzene rings is 1. The summed E-state index contributed by atoms with van der Waals surface area (Å²) in [5.74, 6) is -2.59. The van der Waals surface area contributed by atoms with Crippen LogP contribution in [0.15, 0.2) is 34.0 Å². The Hall–Kier alpha value is -2.08. The summed E-state index contributed by atoms with van der Waals surface area (Å²) in [6.45, 7) is 0. The van der Waals surface area contributed by atoms with E-state index in [9.17, 15) is 24.9 Å². The summed E-state index contributed by atoms with van der Waals surface area (Å²) in [6, 6.07) is 1.46. The molecule has 0 atom stereocenters. The lowest BCUT2D eigenvalue weighted by molar-refractivity contribution is -0.104. The summed E-state index contributed by atoms with van der Waals surface area (Å²) in [6.07, 6.45) is 3.27. The van der Waals surface area contributed by atoms with E-state index in [0.29, 0.717) is 11.8 Å². The number of aliphatic hydroxyl groups is 1. The summed E-state index contributed by atoms with van der Waals surface area (Å²) in [4.78, 5) is 22.7. The topological polar surface area (TPSA) is 94.8 Å². The van der Waals surface area contributed by atoms with Crippen molar-refractivity contribution in [3.8, 4) is 11.5 Å². The van der Waals surface area contributed by atoms with E-state index in [1.54, 1.807) is 0 Å². The third kappa shape index (κ3) is 2.26. The lowest BCUT2D eigenvalue weighted by Gasteiger charge is -2.14. The SMILES string of the molecule is O=CC1=C/Cc2cc(Br)c(O)c(O)c2C(=O)/C(O)=C\1. The maximum atomic E-state index is 12.0. The fourth-order valence-electron chi connectivity index (χ4n) is 1.81. The highest BCUT2D eigenvalue weighted by molar-refractivity contribution is 9.10. The number of Topliss-reactive ketones (excluding diaryl/α,β-unsaturated/α-hetero) is 1. The maximum absolute atomic E-state index is 12.0. The van der Waals surface area contributed by atoms with Gasteiger partial charge in [-0.2, -0.15) is 0 Å². The van der Waals surface area contributed by atoms with Gasteiger partial charge in [0.25, 0.3) is 0 Å². The summed E-state index contributed by atoms with van der Waals surface area (Å²) < 4.78 is 0.224. The van der Waals surface area contributed by atoms with Gasteiger partial charge < -0.3 is 15.3 Å². The number of carbonyl (C=O) groups excluding carboxylic acids is 2. The predicted octanol–water partition coefficient (Wildman–Crippen LogP) is 2.17. The number of rotatable bonds is 1. The first-order valence-corrected chi connectivity index (χ1v) is 6.09. The Balaban J connectivity index is 2.73. The maximum Gasteiger partial charge on any atom is 0.231 e. The third-order valence-corrected chi connectivity index (χ3v) is 3.37. The van der Waals surface area contributed by atoms with Crippen molar-refractivity contribution in [1.29, 1.82) is 0 Å². The fourth-order valence-corrected chi connectivity index (χ4v) is 2.28. The highest BCUT2D eigenvalue weighted by atomic mass is 79.9. The molecule has 0 heterocycles. The second kappa shape index (κ2) is 4.89. The van der Waals surface area contributed by atoms with Gasteiger partial charge in [-0.3, -0.25) is 9.59 Å². The molecule has 0 unspecified atom stereocenters. The molecule has 1 aromatic rings. The van der Waals surface area contributed by atoms with Crippen LogP contribution in [-0.4, -0.2) is 27.4 Å². The quantitative estimate of drug-likeness (QED) is 0.543. The van der Waals surface area contributed by atoms with E-state index < -0.39 is 23.0 Å². The van der Waals surface area contributed by atoms with E-state index >= 15 is 0 Å². The monoisotopic (exact) mass is 324 g/mol. The minimum Gasteiger partial charge on any atom is -0.504 e. The van der Waals surface area contributed by atoms with Crippen LogP contribution in [0.1, 0.15) is 15.9 Å². The van der Waals surface area contributed by atoms with E-state index in [0.717, 1.165) is 6.08 Å². The molecule has 98 valence electrons. The number of aldehydes is 1. The van der Waals surface area contributed by atoms with Crippen LogP contribution < -0.4 is 0 Å². The molecule has 0 fully saturated rings. The predicted molar refractivity (Wildman–Crippen MR) is 70.4 cm³/mol. The Morgan fingerprint density at radius 3 is 2.53 bits per heavy atom. The lowest BCUT2D eigenvalue weighted by Crippen LogP contribution is -2.10. The smallest absolute Gasteiger partial charge is 0.231 e. The van der Waals surface area contributed by atoms with Crippen molar-refractivity contribution in [2.75, 3.05) is 0 Å². The van der Waals surface area contributed by atoms with Crippen molar-refractivity contribution in [3.63, 3.8) is 0 Å². The Morgan fingerprint density at radius 2 is 1.89 bits per heavy atom. The van der Waals surface area contributed by atoms with Crippen molar-refractivity contribution in [3.05, 3.63) is 45.2 Å². The number of ketones is 1. The molecule has 0 bridgehead atoms. The third-order valence-electron chi connectivity index (χ3n) is 2.77. The number of aliphatic hydroxyl groups excluding tert-OH is 1. The molecule has 3 N–H and O–H groups in total. The minimum absolute atomic E-state index is 0.167. The minimum atomic E-state index is -0.845. The molecule has 0 aliphatic heterocycles. The average molecular weight is 325 g/mol. The van der Waals surface area contributed by atoms with Crippen LogP contribution in [0.2, 0.25) is 0 Å². The van der Waals surface area contributed by atoms with Crippen LogP contribution in [-0.2, 0) is 11.2 Å². The van der Waals surface area contributed by atoms with Crippen LogP contribution in [0, 0.1) is 0 Å². The first-order valence-electron chi connectivity index (χ1n) is 5.29. The lowest BCUT2D eigenvalue weighted by atomic mass is 9.94. The molecule has 6 heteroatoms.